The fourth-order valence-corrected chi connectivity index (χ4v) is 3.39. The molecular weight excluding hydrogens is 357 g/mol. The summed E-state index contributed by atoms with van der Waals surface area (Å²) in [5.74, 6) is -0.600. The summed E-state index contributed by atoms with van der Waals surface area (Å²) in [6, 6.07) is 17.7. The number of rotatable bonds is 5. The average molecular weight is 377 g/mol. The summed E-state index contributed by atoms with van der Waals surface area (Å²) in [6.45, 7) is 0.799. The molecule has 0 unspecified atom stereocenters. The maximum absolute atomic E-state index is 12.9. The van der Waals surface area contributed by atoms with Gasteiger partial charge in [0.15, 0.2) is 0 Å². The highest BCUT2D eigenvalue weighted by atomic mass is 19.1. The lowest BCUT2D eigenvalue weighted by Crippen LogP contribution is -2.35. The van der Waals surface area contributed by atoms with Crippen molar-refractivity contribution in [3.63, 3.8) is 0 Å². The number of halogens is 1. The molecule has 0 saturated carbocycles. The highest BCUT2D eigenvalue weighted by Crippen LogP contribution is 2.32. The lowest BCUT2D eigenvalue weighted by molar-refractivity contribution is -0.125. The molecule has 0 bridgehead atoms. The van der Waals surface area contributed by atoms with E-state index in [1.54, 1.807) is 17.0 Å². The first kappa shape index (κ1) is 18.0. The molecule has 1 aromatic heterocycles. The van der Waals surface area contributed by atoms with Gasteiger partial charge in [0.1, 0.15) is 5.82 Å². The van der Waals surface area contributed by atoms with E-state index in [1.165, 1.54) is 12.1 Å². The van der Waals surface area contributed by atoms with Crippen LogP contribution in [0.2, 0.25) is 0 Å². The second-order valence-electron chi connectivity index (χ2n) is 6.74. The number of hydrogen-bond acceptors (Lipinski definition) is 2. The molecule has 28 heavy (non-hydrogen) atoms. The minimum atomic E-state index is -0.311. The Labute approximate surface area is 162 Å². The molecule has 6 heteroatoms. The van der Waals surface area contributed by atoms with Crippen LogP contribution in [0.25, 0.3) is 5.69 Å². The van der Waals surface area contributed by atoms with E-state index in [-0.39, 0.29) is 30.5 Å². The van der Waals surface area contributed by atoms with Gasteiger partial charge in [-0.1, -0.05) is 24.3 Å². The summed E-state index contributed by atoms with van der Waals surface area (Å²) in [5, 5.41) is 2.77. The van der Waals surface area contributed by atoms with Crippen LogP contribution in [0, 0.1) is 5.82 Å². The minimum absolute atomic E-state index is 0.0863. The van der Waals surface area contributed by atoms with E-state index in [1.807, 2.05) is 42.6 Å². The molecule has 0 aliphatic carbocycles. The number of nitrogens with one attached hydrogen (secondary N) is 1. The zero-order valence-electron chi connectivity index (χ0n) is 15.3. The Morgan fingerprint density at radius 2 is 1.68 bits per heavy atom. The molecule has 4 rings (SSSR count). The topological polar surface area (TPSA) is 54.3 Å². The first-order chi connectivity index (χ1) is 13.6. The van der Waals surface area contributed by atoms with Crippen LogP contribution < -0.4 is 10.2 Å². The van der Waals surface area contributed by atoms with E-state index in [0.29, 0.717) is 13.1 Å². The second kappa shape index (κ2) is 7.68. The van der Waals surface area contributed by atoms with E-state index in [4.69, 9.17) is 0 Å². The molecule has 0 saturated heterocycles. The number of anilines is 1. The van der Waals surface area contributed by atoms with Crippen LogP contribution in [0.5, 0.6) is 0 Å². The summed E-state index contributed by atoms with van der Waals surface area (Å²) in [4.78, 5) is 26.7. The Bertz CT molecular complexity index is 1010. The van der Waals surface area contributed by atoms with Crippen molar-refractivity contribution in [2.45, 2.75) is 25.9 Å². The van der Waals surface area contributed by atoms with Gasteiger partial charge in [0, 0.05) is 31.3 Å². The van der Waals surface area contributed by atoms with Crippen molar-refractivity contribution >= 4 is 17.5 Å². The van der Waals surface area contributed by atoms with Crippen LogP contribution in [-0.2, 0) is 22.7 Å². The molecule has 142 valence electrons. The fraction of sp³-hybridized carbons (Fsp3) is 0.182. The fourth-order valence-electron chi connectivity index (χ4n) is 3.39. The van der Waals surface area contributed by atoms with Crippen molar-refractivity contribution in [2.75, 3.05) is 4.90 Å². The molecule has 2 amide bonds. The highest BCUT2D eigenvalue weighted by molar-refractivity contribution is 5.97. The number of amides is 2. The zero-order valence-corrected chi connectivity index (χ0v) is 15.3. The normalized spacial score (nSPS) is 12.2. The third kappa shape index (κ3) is 3.67. The van der Waals surface area contributed by atoms with Crippen LogP contribution in [0.4, 0.5) is 10.1 Å². The number of carbonyl (C=O) groups excluding carboxylic acids is 2. The van der Waals surface area contributed by atoms with Crippen molar-refractivity contribution in [3.05, 3.63) is 83.9 Å². The molecule has 1 aliphatic heterocycles. The zero-order chi connectivity index (χ0) is 19.5. The number of carbonyl (C=O) groups is 2. The molecule has 1 aliphatic rings. The molecule has 5 nitrogen and oxygen atoms in total. The highest BCUT2D eigenvalue weighted by Gasteiger charge is 2.25. The van der Waals surface area contributed by atoms with Gasteiger partial charge >= 0.3 is 0 Å². The maximum Gasteiger partial charge on any atom is 0.227 e. The molecule has 0 atom stereocenters. The maximum atomic E-state index is 12.9. The summed E-state index contributed by atoms with van der Waals surface area (Å²) < 4.78 is 15.0. The first-order valence-electron chi connectivity index (χ1n) is 9.19. The summed E-state index contributed by atoms with van der Waals surface area (Å²) >= 11 is 0. The molecule has 0 radical (unpaired) electrons. The number of para-hydroxylation sites is 2. The van der Waals surface area contributed by atoms with Crippen molar-refractivity contribution in [1.29, 1.82) is 0 Å². The van der Waals surface area contributed by atoms with Crippen LogP contribution in [0.15, 0.2) is 66.9 Å². The van der Waals surface area contributed by atoms with E-state index in [0.717, 1.165) is 22.6 Å². The lowest BCUT2D eigenvalue weighted by Gasteiger charge is -2.31. The molecule has 2 heterocycles. The molecule has 1 N–H and O–H groups in total. The quantitative estimate of drug-likeness (QED) is 0.739. The van der Waals surface area contributed by atoms with E-state index < -0.39 is 0 Å². The van der Waals surface area contributed by atoms with E-state index in [9.17, 15) is 14.0 Å². The number of aromatic nitrogens is 1. The van der Waals surface area contributed by atoms with Gasteiger partial charge in [-0.15, -0.1) is 0 Å². The third-order valence-corrected chi connectivity index (χ3v) is 4.86. The largest absolute Gasteiger partial charge is 0.352 e. The smallest absolute Gasteiger partial charge is 0.227 e. The van der Waals surface area contributed by atoms with Gasteiger partial charge < -0.3 is 14.8 Å². The van der Waals surface area contributed by atoms with Gasteiger partial charge in [0.2, 0.25) is 11.8 Å². The van der Waals surface area contributed by atoms with Gasteiger partial charge in [0.05, 0.1) is 17.9 Å². The Kier molecular flexibility index (Phi) is 4.93. The molecule has 0 spiro atoms. The summed E-state index contributed by atoms with van der Waals surface area (Å²) in [6.07, 6.45) is 2.23. The SMILES string of the molecule is O=C(CCC(=O)N1Cc2cccn2-c2ccccc21)NCc1ccc(F)cc1. The molecule has 2 aromatic carbocycles. The van der Waals surface area contributed by atoms with Crippen molar-refractivity contribution in [2.24, 2.45) is 0 Å². The summed E-state index contributed by atoms with van der Waals surface area (Å²) in [5.41, 5.74) is 3.66. The lowest BCUT2D eigenvalue weighted by atomic mass is 10.1. The van der Waals surface area contributed by atoms with Gasteiger partial charge in [-0.2, -0.15) is 0 Å². The number of fused-ring (bicyclic) bond motifs is 3. The Morgan fingerprint density at radius 1 is 0.929 bits per heavy atom. The predicted molar refractivity (Wildman–Crippen MR) is 104 cm³/mol. The molecule has 0 fully saturated rings. The van der Waals surface area contributed by atoms with Crippen molar-refractivity contribution in [3.8, 4) is 5.69 Å². The number of hydrogen-bond donors (Lipinski definition) is 1. The third-order valence-electron chi connectivity index (χ3n) is 4.86. The van der Waals surface area contributed by atoms with E-state index >= 15 is 0 Å². The Morgan fingerprint density at radius 3 is 2.46 bits per heavy atom. The van der Waals surface area contributed by atoms with Crippen LogP contribution in [0.3, 0.4) is 0 Å². The minimum Gasteiger partial charge on any atom is -0.352 e. The number of nitrogens with zero attached hydrogens (tertiary/aromatic N) is 2. The van der Waals surface area contributed by atoms with Gasteiger partial charge in [0.25, 0.3) is 0 Å². The van der Waals surface area contributed by atoms with Crippen LogP contribution >= 0.6 is 0 Å². The van der Waals surface area contributed by atoms with Crippen LogP contribution in [0.1, 0.15) is 24.1 Å². The molecular formula is C22H20FN3O2. The van der Waals surface area contributed by atoms with Gasteiger partial charge in [-0.25, -0.2) is 4.39 Å². The standard InChI is InChI=1S/C22H20FN3O2/c23-17-9-7-16(8-10-17)14-24-21(27)11-12-22(28)26-15-18-4-3-13-25(18)19-5-1-2-6-20(19)26/h1-10,13H,11-12,14-15H2,(H,24,27). The summed E-state index contributed by atoms with van der Waals surface area (Å²) in [7, 11) is 0. The monoisotopic (exact) mass is 377 g/mol. The predicted octanol–water partition coefficient (Wildman–Crippen LogP) is 3.56. The van der Waals surface area contributed by atoms with Crippen molar-refractivity contribution in [1.82, 2.24) is 9.88 Å². The average Bonchev–Trinajstić information content (AvgIpc) is 3.20. The number of benzene rings is 2. The molecule has 3 aromatic rings. The van der Waals surface area contributed by atoms with Gasteiger partial charge in [-0.05, 0) is 42.0 Å². The Balaban J connectivity index is 1.36. The van der Waals surface area contributed by atoms with Gasteiger partial charge in [-0.3, -0.25) is 9.59 Å². The van der Waals surface area contributed by atoms with E-state index in [2.05, 4.69) is 9.88 Å². The van der Waals surface area contributed by atoms with Crippen LogP contribution in [-0.4, -0.2) is 16.4 Å². The first-order valence-corrected chi connectivity index (χ1v) is 9.19. The van der Waals surface area contributed by atoms with Crippen molar-refractivity contribution < 1.29 is 14.0 Å². The second-order valence-corrected chi connectivity index (χ2v) is 6.74. The Hall–Kier alpha value is -3.41.